The zero-order chi connectivity index (χ0) is 23.0. The average Bonchev–Trinajstić information content (AvgIpc) is 3.35. The van der Waals surface area contributed by atoms with Gasteiger partial charge in [0.2, 0.25) is 5.91 Å². The Morgan fingerprint density at radius 3 is 2.12 bits per heavy atom. The molecule has 0 saturated carbocycles. The Bertz CT molecular complexity index is 1200. The Labute approximate surface area is 196 Å². The molecule has 162 valence electrons. The maximum Gasteiger partial charge on any atom is 0.262 e. The van der Waals surface area contributed by atoms with Crippen LogP contribution in [0.25, 0.3) is 0 Å². The molecule has 11 heteroatoms. The van der Waals surface area contributed by atoms with Gasteiger partial charge in [-0.15, -0.1) is 11.3 Å². The Morgan fingerprint density at radius 1 is 1.00 bits per heavy atom. The van der Waals surface area contributed by atoms with Crippen molar-refractivity contribution in [2.24, 2.45) is 0 Å². The van der Waals surface area contributed by atoms with Crippen molar-refractivity contribution in [2.75, 3.05) is 10.6 Å². The van der Waals surface area contributed by atoms with E-state index in [1.807, 2.05) is 0 Å². The van der Waals surface area contributed by atoms with Crippen LogP contribution in [0.1, 0.15) is 38.0 Å². The summed E-state index contributed by atoms with van der Waals surface area (Å²) in [6.45, 7) is 1.44. The van der Waals surface area contributed by atoms with Gasteiger partial charge in [0.25, 0.3) is 17.7 Å². The number of thiazole rings is 1. The lowest BCUT2D eigenvalue weighted by atomic mass is 10.1. The molecule has 32 heavy (non-hydrogen) atoms. The lowest BCUT2D eigenvalue weighted by Gasteiger charge is -2.21. The summed E-state index contributed by atoms with van der Waals surface area (Å²) < 4.78 is 0. The molecule has 0 bridgehead atoms. The number of amides is 4. The molecule has 2 heterocycles. The van der Waals surface area contributed by atoms with E-state index in [4.69, 9.17) is 23.2 Å². The van der Waals surface area contributed by atoms with Crippen LogP contribution < -0.4 is 10.6 Å². The zero-order valence-corrected chi connectivity index (χ0v) is 18.7. The number of carbonyl (C=O) groups is 4. The molecule has 1 atom stereocenters. The number of anilines is 2. The maximum absolute atomic E-state index is 12.7. The average molecular weight is 489 g/mol. The normalized spacial score (nSPS) is 13.7. The Kier molecular flexibility index (Phi) is 5.96. The van der Waals surface area contributed by atoms with Gasteiger partial charge in [0.05, 0.1) is 21.2 Å². The number of nitrogens with one attached hydrogen (secondary N) is 2. The molecule has 1 aliphatic heterocycles. The van der Waals surface area contributed by atoms with Crippen molar-refractivity contribution in [3.05, 3.63) is 74.7 Å². The first-order valence-corrected chi connectivity index (χ1v) is 10.9. The van der Waals surface area contributed by atoms with Crippen molar-refractivity contribution in [3.8, 4) is 0 Å². The second kappa shape index (κ2) is 8.70. The second-order valence-electron chi connectivity index (χ2n) is 6.83. The molecule has 2 aromatic carbocycles. The van der Waals surface area contributed by atoms with E-state index in [0.717, 1.165) is 4.90 Å². The molecule has 2 N–H and O–H groups in total. The topological polar surface area (TPSA) is 108 Å². The fraction of sp³-hybridized carbons (Fsp3) is 0.0952. The van der Waals surface area contributed by atoms with Crippen LogP contribution >= 0.6 is 34.5 Å². The van der Waals surface area contributed by atoms with E-state index in [9.17, 15) is 19.2 Å². The third-order valence-electron chi connectivity index (χ3n) is 4.79. The summed E-state index contributed by atoms with van der Waals surface area (Å²) in [7, 11) is 0. The molecule has 1 aromatic heterocycles. The summed E-state index contributed by atoms with van der Waals surface area (Å²) in [5.74, 6) is -2.16. The lowest BCUT2D eigenvalue weighted by molar-refractivity contribution is -0.119. The number of halogens is 2. The van der Waals surface area contributed by atoms with Crippen LogP contribution in [0.4, 0.5) is 10.8 Å². The molecule has 1 aliphatic rings. The predicted molar refractivity (Wildman–Crippen MR) is 122 cm³/mol. The summed E-state index contributed by atoms with van der Waals surface area (Å²) in [6, 6.07) is 7.71. The van der Waals surface area contributed by atoms with Crippen LogP contribution in [0, 0.1) is 0 Å². The van der Waals surface area contributed by atoms with Gasteiger partial charge in [-0.2, -0.15) is 0 Å². The van der Waals surface area contributed by atoms with Crippen molar-refractivity contribution < 1.29 is 19.2 Å². The van der Waals surface area contributed by atoms with Crippen LogP contribution in [-0.2, 0) is 4.79 Å². The monoisotopic (exact) mass is 488 g/mol. The molecule has 0 spiro atoms. The van der Waals surface area contributed by atoms with Gasteiger partial charge in [0.15, 0.2) is 5.13 Å². The number of aromatic nitrogens is 1. The summed E-state index contributed by atoms with van der Waals surface area (Å²) in [5.41, 5.74) is 0.968. The Morgan fingerprint density at radius 2 is 1.59 bits per heavy atom. The minimum atomic E-state index is -1.09. The molecule has 0 aliphatic carbocycles. The third-order valence-corrected chi connectivity index (χ3v) is 6.20. The number of fused-ring (bicyclic) bond motifs is 1. The fourth-order valence-electron chi connectivity index (χ4n) is 3.13. The molecule has 8 nitrogen and oxygen atoms in total. The SMILES string of the molecule is CC(C(=O)Nc1ccc(C(=O)Nc2nccs2)cc1)N1C(=O)c2cc(Cl)c(Cl)cc2C1=O. The maximum atomic E-state index is 12.7. The number of carbonyl (C=O) groups excluding carboxylic acids is 4. The van der Waals surface area contributed by atoms with Gasteiger partial charge in [-0.05, 0) is 43.3 Å². The number of rotatable bonds is 5. The summed E-state index contributed by atoms with van der Waals surface area (Å²) in [5, 5.41) is 7.81. The molecule has 0 fully saturated rings. The number of imide groups is 1. The number of hydrogen-bond donors (Lipinski definition) is 2. The largest absolute Gasteiger partial charge is 0.324 e. The standard InChI is InChI=1S/C21H14Cl2N4O4S/c1-10(27-19(30)13-8-15(22)16(23)9-14(13)20(27)31)17(28)25-12-4-2-11(3-5-12)18(29)26-21-24-6-7-32-21/h2-10H,1H3,(H,25,28)(H,24,26,29). The van der Waals surface area contributed by atoms with Crippen LogP contribution in [-0.4, -0.2) is 39.6 Å². The molecule has 3 aromatic rings. The van der Waals surface area contributed by atoms with Crippen LogP contribution in [0.5, 0.6) is 0 Å². The first-order chi connectivity index (χ1) is 15.3. The lowest BCUT2D eigenvalue weighted by Crippen LogP contribution is -2.45. The Hall–Kier alpha value is -3.27. The fourth-order valence-corrected chi connectivity index (χ4v) is 3.98. The van der Waals surface area contributed by atoms with Crippen LogP contribution in [0.3, 0.4) is 0 Å². The van der Waals surface area contributed by atoms with Crippen molar-refractivity contribution in [3.63, 3.8) is 0 Å². The molecule has 0 radical (unpaired) electrons. The van der Waals surface area contributed by atoms with Gasteiger partial charge >= 0.3 is 0 Å². The molecular weight excluding hydrogens is 475 g/mol. The van der Waals surface area contributed by atoms with Gasteiger partial charge in [-0.25, -0.2) is 4.98 Å². The summed E-state index contributed by atoms with van der Waals surface area (Å²) >= 11 is 13.2. The third kappa shape index (κ3) is 4.10. The molecular formula is C21H14Cl2N4O4S. The molecule has 4 rings (SSSR count). The first kappa shape index (κ1) is 21.9. The van der Waals surface area contributed by atoms with Gasteiger partial charge in [-0.1, -0.05) is 23.2 Å². The summed E-state index contributed by atoms with van der Waals surface area (Å²) in [4.78, 5) is 55.2. The van der Waals surface area contributed by atoms with E-state index in [1.54, 1.807) is 23.7 Å². The quantitative estimate of drug-likeness (QED) is 0.519. The van der Waals surface area contributed by atoms with Crippen molar-refractivity contribution >= 4 is 69.0 Å². The number of nitrogens with zero attached hydrogens (tertiary/aromatic N) is 2. The highest BCUT2D eigenvalue weighted by Gasteiger charge is 2.41. The molecule has 1 unspecified atom stereocenters. The van der Waals surface area contributed by atoms with Gasteiger partial charge in [0.1, 0.15) is 6.04 Å². The summed E-state index contributed by atoms with van der Waals surface area (Å²) in [6.07, 6.45) is 1.58. The van der Waals surface area contributed by atoms with Gasteiger partial charge in [0, 0.05) is 22.8 Å². The zero-order valence-electron chi connectivity index (χ0n) is 16.4. The minimum absolute atomic E-state index is 0.0969. The predicted octanol–water partition coefficient (Wildman–Crippen LogP) is 4.33. The molecule has 0 saturated heterocycles. The Balaban J connectivity index is 1.44. The van der Waals surface area contributed by atoms with Crippen molar-refractivity contribution in [1.29, 1.82) is 0 Å². The highest BCUT2D eigenvalue weighted by Crippen LogP contribution is 2.32. The van der Waals surface area contributed by atoms with E-state index < -0.39 is 23.8 Å². The van der Waals surface area contributed by atoms with E-state index in [1.165, 1.54) is 42.5 Å². The van der Waals surface area contributed by atoms with Crippen molar-refractivity contribution in [1.82, 2.24) is 9.88 Å². The van der Waals surface area contributed by atoms with Crippen LogP contribution in [0.15, 0.2) is 48.0 Å². The number of benzene rings is 2. The first-order valence-electron chi connectivity index (χ1n) is 9.25. The number of hydrogen-bond acceptors (Lipinski definition) is 6. The smallest absolute Gasteiger partial charge is 0.262 e. The molecule has 4 amide bonds. The van der Waals surface area contributed by atoms with E-state index in [-0.39, 0.29) is 27.1 Å². The van der Waals surface area contributed by atoms with E-state index in [0.29, 0.717) is 16.4 Å². The van der Waals surface area contributed by atoms with Crippen molar-refractivity contribution in [2.45, 2.75) is 13.0 Å². The van der Waals surface area contributed by atoms with Gasteiger partial charge in [-0.3, -0.25) is 29.4 Å². The highest BCUT2D eigenvalue weighted by molar-refractivity contribution is 7.13. The minimum Gasteiger partial charge on any atom is -0.324 e. The van der Waals surface area contributed by atoms with E-state index in [2.05, 4.69) is 15.6 Å². The van der Waals surface area contributed by atoms with Gasteiger partial charge < -0.3 is 5.32 Å². The highest BCUT2D eigenvalue weighted by atomic mass is 35.5. The van der Waals surface area contributed by atoms with E-state index >= 15 is 0 Å². The van der Waals surface area contributed by atoms with Crippen LogP contribution in [0.2, 0.25) is 10.0 Å². The second-order valence-corrected chi connectivity index (χ2v) is 8.54.